The molecule has 0 bridgehead atoms. The van der Waals surface area contributed by atoms with E-state index in [9.17, 15) is 19.2 Å². The molecule has 2 amide bonds. The van der Waals surface area contributed by atoms with Crippen molar-refractivity contribution in [1.82, 2.24) is 10.2 Å². The molecule has 1 atom stereocenters. The first kappa shape index (κ1) is 28.1. The molecule has 0 aliphatic carbocycles. The van der Waals surface area contributed by atoms with Crippen molar-refractivity contribution in [2.45, 2.75) is 30.9 Å². The lowest BCUT2D eigenvalue weighted by Crippen LogP contribution is -2.47. The maximum atomic E-state index is 12.3. The molecule has 12 heteroatoms. The number of benzene rings is 1. The summed E-state index contributed by atoms with van der Waals surface area (Å²) in [7, 11) is 7.42. The third kappa shape index (κ3) is 11.1. The SMILES string of the molecule is COC(=O)COCCc1cc(COC(=O)Cl)ccc1SSCC(NC(C)=O)C(=O)N(C)C. The van der Waals surface area contributed by atoms with Crippen molar-refractivity contribution < 1.29 is 33.4 Å². The summed E-state index contributed by atoms with van der Waals surface area (Å²) in [6.07, 6.45) is 0.494. The second-order valence-electron chi connectivity index (χ2n) is 6.70. The highest BCUT2D eigenvalue weighted by Gasteiger charge is 2.21. The van der Waals surface area contributed by atoms with Gasteiger partial charge >= 0.3 is 11.4 Å². The highest BCUT2D eigenvalue weighted by molar-refractivity contribution is 8.76. The molecular formula is C20H27ClN2O7S2. The van der Waals surface area contributed by atoms with E-state index < -0.39 is 17.4 Å². The summed E-state index contributed by atoms with van der Waals surface area (Å²) in [5.74, 6) is -0.571. The van der Waals surface area contributed by atoms with Crippen LogP contribution in [0.2, 0.25) is 0 Å². The molecular weight excluding hydrogens is 480 g/mol. The number of carbonyl (C=O) groups is 4. The molecule has 0 aromatic heterocycles. The summed E-state index contributed by atoms with van der Waals surface area (Å²) in [4.78, 5) is 48.2. The summed E-state index contributed by atoms with van der Waals surface area (Å²) in [6, 6.07) is 4.89. The molecule has 1 aromatic carbocycles. The quantitative estimate of drug-likeness (QED) is 0.187. The maximum absolute atomic E-state index is 12.3. The van der Waals surface area contributed by atoms with Crippen molar-refractivity contribution in [2.24, 2.45) is 0 Å². The molecule has 0 saturated heterocycles. The molecule has 32 heavy (non-hydrogen) atoms. The van der Waals surface area contributed by atoms with Gasteiger partial charge in [-0.1, -0.05) is 33.7 Å². The van der Waals surface area contributed by atoms with Gasteiger partial charge in [-0.25, -0.2) is 9.59 Å². The Morgan fingerprint density at radius 3 is 2.53 bits per heavy atom. The average Bonchev–Trinajstić information content (AvgIpc) is 2.74. The number of halogens is 1. The molecule has 0 heterocycles. The van der Waals surface area contributed by atoms with Gasteiger partial charge in [0.2, 0.25) is 11.8 Å². The van der Waals surface area contributed by atoms with Gasteiger partial charge in [0.1, 0.15) is 19.3 Å². The van der Waals surface area contributed by atoms with Gasteiger partial charge in [-0.05, 0) is 23.6 Å². The molecule has 9 nitrogen and oxygen atoms in total. The number of rotatable bonds is 13. The van der Waals surface area contributed by atoms with Crippen LogP contribution in [0, 0.1) is 0 Å². The molecule has 1 aromatic rings. The van der Waals surface area contributed by atoms with Gasteiger partial charge in [-0.3, -0.25) is 9.59 Å². The van der Waals surface area contributed by atoms with Crippen molar-refractivity contribution in [3.63, 3.8) is 0 Å². The van der Waals surface area contributed by atoms with E-state index in [1.165, 1.54) is 40.5 Å². The predicted octanol–water partition coefficient (Wildman–Crippen LogP) is 2.63. The Hall–Kier alpha value is -1.95. The minimum Gasteiger partial charge on any atom is -0.467 e. The van der Waals surface area contributed by atoms with Gasteiger partial charge in [-0.2, -0.15) is 0 Å². The zero-order valence-corrected chi connectivity index (χ0v) is 20.7. The van der Waals surface area contributed by atoms with Crippen LogP contribution >= 0.6 is 33.2 Å². The molecule has 0 radical (unpaired) electrons. The Morgan fingerprint density at radius 2 is 1.94 bits per heavy atom. The van der Waals surface area contributed by atoms with E-state index in [1.807, 2.05) is 12.1 Å². The molecule has 0 saturated carbocycles. The minimum atomic E-state index is -0.892. The summed E-state index contributed by atoms with van der Waals surface area (Å²) in [5, 5.41) is 2.67. The van der Waals surface area contributed by atoms with E-state index >= 15 is 0 Å². The number of nitrogens with one attached hydrogen (secondary N) is 1. The molecule has 178 valence electrons. The fraction of sp³-hybridized carbons (Fsp3) is 0.500. The van der Waals surface area contributed by atoms with Crippen molar-refractivity contribution in [3.8, 4) is 0 Å². The van der Waals surface area contributed by atoms with Crippen molar-refractivity contribution in [3.05, 3.63) is 29.3 Å². The monoisotopic (exact) mass is 506 g/mol. The van der Waals surface area contributed by atoms with Gasteiger partial charge in [0, 0.05) is 43.3 Å². The minimum absolute atomic E-state index is 0.0262. The number of hydrogen-bond acceptors (Lipinski definition) is 9. The Kier molecular flexibility index (Phi) is 13.2. The number of nitrogens with zero attached hydrogens (tertiary/aromatic N) is 1. The first-order chi connectivity index (χ1) is 15.1. The fourth-order valence-corrected chi connectivity index (χ4v) is 4.92. The summed E-state index contributed by atoms with van der Waals surface area (Å²) < 4.78 is 14.7. The highest BCUT2D eigenvalue weighted by atomic mass is 35.5. The third-order valence-electron chi connectivity index (χ3n) is 3.94. The van der Waals surface area contributed by atoms with Crippen molar-refractivity contribution >= 4 is 56.4 Å². The Morgan fingerprint density at radius 1 is 1.22 bits per heavy atom. The van der Waals surface area contributed by atoms with E-state index in [1.54, 1.807) is 20.2 Å². The number of ether oxygens (including phenoxy) is 3. The number of amides is 2. The number of methoxy groups -OCH3 is 1. The second-order valence-corrected chi connectivity index (χ2v) is 9.39. The topological polar surface area (TPSA) is 111 Å². The van der Waals surface area contributed by atoms with Gasteiger partial charge < -0.3 is 24.4 Å². The van der Waals surface area contributed by atoms with Crippen LogP contribution in [-0.4, -0.2) is 74.3 Å². The molecule has 1 rings (SSSR count). The van der Waals surface area contributed by atoms with Crippen LogP contribution in [0.1, 0.15) is 18.1 Å². The zero-order chi connectivity index (χ0) is 24.1. The van der Waals surface area contributed by atoms with Crippen LogP contribution in [0.25, 0.3) is 0 Å². The van der Waals surface area contributed by atoms with Gasteiger partial charge in [-0.15, -0.1) is 0 Å². The molecule has 0 spiro atoms. The Bertz CT molecular complexity index is 808. The van der Waals surface area contributed by atoms with E-state index in [0.717, 1.165) is 16.0 Å². The highest BCUT2D eigenvalue weighted by Crippen LogP contribution is 2.35. The van der Waals surface area contributed by atoms with Crippen LogP contribution in [0.15, 0.2) is 23.1 Å². The maximum Gasteiger partial charge on any atom is 0.404 e. The van der Waals surface area contributed by atoms with E-state index in [-0.39, 0.29) is 31.6 Å². The van der Waals surface area contributed by atoms with Crippen LogP contribution in [-0.2, 0) is 41.6 Å². The molecule has 1 unspecified atom stereocenters. The van der Waals surface area contributed by atoms with Crippen LogP contribution in [0.5, 0.6) is 0 Å². The zero-order valence-electron chi connectivity index (χ0n) is 18.3. The fourth-order valence-electron chi connectivity index (χ4n) is 2.43. The molecule has 1 N–H and O–H groups in total. The number of esters is 1. The average molecular weight is 507 g/mol. The van der Waals surface area contributed by atoms with E-state index in [0.29, 0.717) is 12.2 Å². The third-order valence-corrected chi connectivity index (χ3v) is 6.51. The van der Waals surface area contributed by atoms with Crippen LogP contribution in [0.4, 0.5) is 4.79 Å². The molecule has 0 aliphatic heterocycles. The smallest absolute Gasteiger partial charge is 0.404 e. The number of hydrogen-bond donors (Lipinski definition) is 1. The Balaban J connectivity index is 2.83. The largest absolute Gasteiger partial charge is 0.467 e. The van der Waals surface area contributed by atoms with E-state index in [2.05, 4.69) is 10.1 Å². The summed E-state index contributed by atoms with van der Waals surface area (Å²) in [6.45, 7) is 1.52. The van der Waals surface area contributed by atoms with Gasteiger partial charge in [0.15, 0.2) is 0 Å². The molecule has 0 fully saturated rings. The van der Waals surface area contributed by atoms with Crippen LogP contribution < -0.4 is 5.32 Å². The van der Waals surface area contributed by atoms with Gasteiger partial charge in [0.05, 0.1) is 13.7 Å². The molecule has 0 aliphatic rings. The Labute approximate surface area is 200 Å². The number of likely N-dealkylation sites (N-methyl/N-ethyl adjacent to an activating group) is 1. The standard InChI is InChI=1S/C20H27ClN2O7S2/c1-13(24)22-16(19(26)23(2)3)12-31-32-17-6-5-14(10-30-20(21)27)9-15(17)7-8-29-11-18(25)28-4/h5-6,9,16H,7-8,10-12H2,1-4H3,(H,22,24). The van der Waals surface area contributed by atoms with E-state index in [4.69, 9.17) is 21.1 Å². The van der Waals surface area contributed by atoms with Gasteiger partial charge in [0.25, 0.3) is 0 Å². The lowest BCUT2D eigenvalue weighted by molar-refractivity contribution is -0.145. The lowest BCUT2D eigenvalue weighted by Gasteiger charge is -2.20. The van der Waals surface area contributed by atoms with Crippen LogP contribution in [0.3, 0.4) is 0 Å². The summed E-state index contributed by atoms with van der Waals surface area (Å²) in [5.41, 5.74) is 0.761. The number of carbonyl (C=O) groups excluding carboxylic acids is 4. The van der Waals surface area contributed by atoms with Crippen molar-refractivity contribution in [1.29, 1.82) is 0 Å². The normalized spacial score (nSPS) is 11.4. The van der Waals surface area contributed by atoms with Crippen molar-refractivity contribution in [2.75, 3.05) is 40.2 Å². The second kappa shape index (κ2) is 15.0. The predicted molar refractivity (Wildman–Crippen MR) is 124 cm³/mol. The summed E-state index contributed by atoms with van der Waals surface area (Å²) >= 11 is 5.23. The first-order valence-corrected chi connectivity index (χ1v) is 12.2. The lowest BCUT2D eigenvalue weighted by atomic mass is 10.1. The first-order valence-electron chi connectivity index (χ1n) is 9.50.